The molecule has 11 heteroatoms. The second-order valence-corrected chi connectivity index (χ2v) is 8.29. The first kappa shape index (κ1) is 25.2. The fourth-order valence-corrected chi connectivity index (χ4v) is 3.39. The number of carboxylic acids is 1. The molecule has 29 heavy (non-hydrogen) atoms. The monoisotopic (exact) mass is 432 g/mol. The molecule has 1 heterocycles. The normalized spacial score (nSPS) is 19.3. The highest BCUT2D eigenvalue weighted by molar-refractivity contribution is 7.98. The van der Waals surface area contributed by atoms with Crippen LogP contribution in [0, 0.1) is 5.92 Å². The van der Waals surface area contributed by atoms with Crippen LogP contribution in [0.4, 0.5) is 0 Å². The number of hydrogen-bond acceptors (Lipinski definition) is 7. The Bertz CT molecular complexity index is 583. The lowest BCUT2D eigenvalue weighted by molar-refractivity contribution is -0.143. The van der Waals surface area contributed by atoms with Crippen molar-refractivity contribution in [1.29, 1.82) is 0 Å². The molecule has 0 aromatic carbocycles. The van der Waals surface area contributed by atoms with Crippen molar-refractivity contribution in [3.8, 4) is 0 Å². The van der Waals surface area contributed by atoms with Crippen LogP contribution >= 0.6 is 11.8 Å². The van der Waals surface area contributed by atoms with E-state index in [0.717, 1.165) is 13.0 Å². The summed E-state index contributed by atoms with van der Waals surface area (Å²) in [5.74, 6) is -2.64. The van der Waals surface area contributed by atoms with E-state index < -0.39 is 42.5 Å². The Morgan fingerprint density at radius 3 is 2.24 bits per heavy atom. The molecule has 6 N–H and O–H groups in total. The van der Waals surface area contributed by atoms with Gasteiger partial charge in [-0.15, -0.1) is 0 Å². The number of rotatable bonds is 12. The molecule has 1 aliphatic rings. The number of carbonyl (C=O) groups excluding carboxylic acids is 3. The zero-order valence-electron chi connectivity index (χ0n) is 17.1. The maximum Gasteiger partial charge on any atom is 0.326 e. The minimum Gasteiger partial charge on any atom is -0.480 e. The number of aliphatic carboxylic acids is 1. The Labute approximate surface area is 174 Å². The van der Waals surface area contributed by atoms with Crippen LogP contribution in [-0.4, -0.2) is 83.2 Å². The second kappa shape index (κ2) is 12.7. The summed E-state index contributed by atoms with van der Waals surface area (Å²) >= 11 is 1.51. The van der Waals surface area contributed by atoms with Gasteiger partial charge in [-0.2, -0.15) is 11.8 Å². The van der Waals surface area contributed by atoms with Gasteiger partial charge >= 0.3 is 5.97 Å². The van der Waals surface area contributed by atoms with Crippen LogP contribution in [0.5, 0.6) is 0 Å². The van der Waals surface area contributed by atoms with Gasteiger partial charge in [0.1, 0.15) is 18.1 Å². The quantitative estimate of drug-likeness (QED) is 0.222. The lowest BCUT2D eigenvalue weighted by atomic mass is 10.0. The Kier molecular flexibility index (Phi) is 11.0. The van der Waals surface area contributed by atoms with Gasteiger partial charge < -0.3 is 31.5 Å². The third-order valence-corrected chi connectivity index (χ3v) is 5.31. The van der Waals surface area contributed by atoms with Gasteiger partial charge in [0.15, 0.2) is 0 Å². The van der Waals surface area contributed by atoms with Gasteiger partial charge in [-0.1, -0.05) is 13.8 Å². The summed E-state index contributed by atoms with van der Waals surface area (Å²) in [5.41, 5.74) is 0. The summed E-state index contributed by atoms with van der Waals surface area (Å²) in [6.07, 6.45) is 3.80. The minimum atomic E-state index is -1.32. The van der Waals surface area contributed by atoms with E-state index in [1.54, 1.807) is 13.8 Å². The van der Waals surface area contributed by atoms with Crippen LogP contribution in [0.2, 0.25) is 0 Å². The molecule has 3 amide bonds. The molecule has 1 rings (SSSR count). The van der Waals surface area contributed by atoms with Crippen LogP contribution in [0.25, 0.3) is 0 Å². The molecule has 0 bridgehead atoms. The molecule has 0 aromatic heterocycles. The number of carbonyl (C=O) groups is 4. The van der Waals surface area contributed by atoms with E-state index in [1.165, 1.54) is 11.8 Å². The predicted octanol–water partition coefficient (Wildman–Crippen LogP) is -1.32. The number of hydrogen-bond donors (Lipinski definition) is 6. The zero-order chi connectivity index (χ0) is 22.0. The summed E-state index contributed by atoms with van der Waals surface area (Å²) in [7, 11) is 0. The standard InChI is InChI=1S/C18H32N4O6S/c1-10(2)14(18(27)28)22-17(26)13(9-23)21-16(25)12(6-8-29-3)20-15(24)11-5-4-7-19-11/h10-14,19,23H,4-9H2,1-3H3,(H,20,24)(H,21,25)(H,22,26)(H,27,28). The van der Waals surface area contributed by atoms with E-state index in [-0.39, 0.29) is 17.9 Å². The van der Waals surface area contributed by atoms with Crippen molar-refractivity contribution in [1.82, 2.24) is 21.3 Å². The van der Waals surface area contributed by atoms with Crippen molar-refractivity contribution in [3.63, 3.8) is 0 Å². The van der Waals surface area contributed by atoms with E-state index in [4.69, 9.17) is 0 Å². The Morgan fingerprint density at radius 1 is 1.10 bits per heavy atom. The topological polar surface area (TPSA) is 157 Å². The lowest BCUT2D eigenvalue weighted by Crippen LogP contribution is -2.58. The third kappa shape index (κ3) is 8.19. The number of thioether (sulfide) groups is 1. The largest absolute Gasteiger partial charge is 0.480 e. The molecule has 4 unspecified atom stereocenters. The van der Waals surface area contributed by atoms with Gasteiger partial charge in [0.05, 0.1) is 12.6 Å². The van der Waals surface area contributed by atoms with Gasteiger partial charge in [-0.3, -0.25) is 14.4 Å². The fourth-order valence-electron chi connectivity index (χ4n) is 2.92. The van der Waals surface area contributed by atoms with Crippen LogP contribution < -0.4 is 21.3 Å². The molecule has 0 aliphatic carbocycles. The first-order chi connectivity index (χ1) is 13.7. The molecule has 10 nitrogen and oxygen atoms in total. The van der Waals surface area contributed by atoms with Crippen LogP contribution in [-0.2, 0) is 19.2 Å². The number of amides is 3. The highest BCUT2D eigenvalue weighted by atomic mass is 32.2. The highest BCUT2D eigenvalue weighted by Gasteiger charge is 2.31. The first-order valence-electron chi connectivity index (χ1n) is 9.68. The minimum absolute atomic E-state index is 0.278. The zero-order valence-corrected chi connectivity index (χ0v) is 17.9. The van der Waals surface area contributed by atoms with E-state index >= 15 is 0 Å². The molecule has 0 radical (unpaired) electrons. The predicted molar refractivity (Wildman–Crippen MR) is 109 cm³/mol. The summed E-state index contributed by atoms with van der Waals surface area (Å²) in [6.45, 7) is 3.32. The molecule has 1 saturated heterocycles. The van der Waals surface area contributed by atoms with E-state index in [0.29, 0.717) is 18.6 Å². The SMILES string of the molecule is CSCCC(NC(=O)C1CCCN1)C(=O)NC(CO)C(=O)NC(C(=O)O)C(C)C. The summed E-state index contributed by atoms with van der Waals surface area (Å²) < 4.78 is 0. The molecular weight excluding hydrogens is 400 g/mol. The first-order valence-corrected chi connectivity index (χ1v) is 11.1. The summed E-state index contributed by atoms with van der Waals surface area (Å²) in [6, 6.07) is -3.67. The summed E-state index contributed by atoms with van der Waals surface area (Å²) in [5, 5.41) is 29.2. The molecule has 1 fully saturated rings. The molecule has 0 spiro atoms. The lowest BCUT2D eigenvalue weighted by Gasteiger charge is -2.25. The molecule has 4 atom stereocenters. The van der Waals surface area contributed by atoms with Gasteiger partial charge in [0, 0.05) is 0 Å². The van der Waals surface area contributed by atoms with Gasteiger partial charge in [0.2, 0.25) is 17.7 Å². The summed E-state index contributed by atoms with van der Waals surface area (Å²) in [4.78, 5) is 48.6. The van der Waals surface area contributed by atoms with Gasteiger partial charge in [0.25, 0.3) is 0 Å². The number of nitrogens with one attached hydrogen (secondary N) is 4. The van der Waals surface area contributed by atoms with Crippen LogP contribution in [0.1, 0.15) is 33.1 Å². The highest BCUT2D eigenvalue weighted by Crippen LogP contribution is 2.08. The van der Waals surface area contributed by atoms with E-state index in [1.807, 2.05) is 6.26 Å². The van der Waals surface area contributed by atoms with Crippen molar-refractivity contribution in [2.75, 3.05) is 25.2 Å². The maximum absolute atomic E-state index is 12.7. The van der Waals surface area contributed by atoms with Crippen molar-refractivity contribution >= 4 is 35.5 Å². The molecule has 166 valence electrons. The average Bonchev–Trinajstić information content (AvgIpc) is 3.21. The van der Waals surface area contributed by atoms with Crippen LogP contribution in [0.3, 0.4) is 0 Å². The average molecular weight is 433 g/mol. The fraction of sp³-hybridized carbons (Fsp3) is 0.778. The Morgan fingerprint density at radius 2 is 1.76 bits per heavy atom. The molecule has 0 saturated carbocycles. The number of carboxylic acid groups (broad SMARTS) is 1. The molecule has 1 aliphatic heterocycles. The van der Waals surface area contributed by atoms with Crippen molar-refractivity contribution in [2.45, 2.75) is 57.3 Å². The third-order valence-electron chi connectivity index (χ3n) is 4.67. The molecule has 0 aromatic rings. The van der Waals surface area contributed by atoms with Crippen molar-refractivity contribution in [3.05, 3.63) is 0 Å². The van der Waals surface area contributed by atoms with Gasteiger partial charge in [-0.05, 0) is 43.7 Å². The smallest absolute Gasteiger partial charge is 0.326 e. The second-order valence-electron chi connectivity index (χ2n) is 7.30. The molecular formula is C18H32N4O6S. The number of aliphatic hydroxyl groups is 1. The van der Waals surface area contributed by atoms with Crippen LogP contribution in [0.15, 0.2) is 0 Å². The number of aliphatic hydroxyl groups excluding tert-OH is 1. The van der Waals surface area contributed by atoms with E-state index in [9.17, 15) is 29.4 Å². The Balaban J connectivity index is 2.76. The van der Waals surface area contributed by atoms with Gasteiger partial charge in [-0.25, -0.2) is 4.79 Å². The maximum atomic E-state index is 12.7. The Hall–Kier alpha value is -1.85. The van der Waals surface area contributed by atoms with Crippen molar-refractivity contribution < 1.29 is 29.4 Å². The van der Waals surface area contributed by atoms with Crippen molar-refractivity contribution in [2.24, 2.45) is 5.92 Å². The van der Waals surface area contributed by atoms with E-state index in [2.05, 4.69) is 21.3 Å².